The lowest BCUT2D eigenvalue weighted by molar-refractivity contribution is -0.386. The number of para-hydroxylation sites is 1. The SMILES string of the molecule is COCCn1cc(CCC(=O)N2CC3C[C@H](C2)Cn2c3ccc([N+](=O)[O-])c2=O)c2ccccc21. The number of pyridine rings is 1. The van der Waals surface area contributed by atoms with E-state index in [4.69, 9.17) is 4.74 Å². The topological polar surface area (TPSA) is 99.6 Å². The second-order valence-corrected chi connectivity index (χ2v) is 9.27. The minimum absolute atomic E-state index is 0.0286. The van der Waals surface area contributed by atoms with Crippen molar-refractivity contribution in [1.29, 1.82) is 0 Å². The second kappa shape index (κ2) is 9.06. The van der Waals surface area contributed by atoms with Crippen molar-refractivity contribution in [2.24, 2.45) is 5.92 Å². The molecule has 34 heavy (non-hydrogen) atoms. The van der Waals surface area contributed by atoms with Gasteiger partial charge in [-0.3, -0.25) is 19.7 Å². The van der Waals surface area contributed by atoms with Crippen LogP contribution in [-0.2, 0) is 29.0 Å². The highest BCUT2D eigenvalue weighted by Crippen LogP contribution is 2.36. The number of hydrogen-bond acceptors (Lipinski definition) is 5. The molecule has 1 unspecified atom stereocenters. The number of carbonyl (C=O) groups is 1. The molecular formula is C25H28N4O5. The van der Waals surface area contributed by atoms with Crippen LogP contribution in [0.25, 0.3) is 10.9 Å². The average molecular weight is 465 g/mol. The average Bonchev–Trinajstić information content (AvgIpc) is 3.19. The van der Waals surface area contributed by atoms with Crippen LogP contribution >= 0.6 is 0 Å². The summed E-state index contributed by atoms with van der Waals surface area (Å²) in [5.41, 5.74) is 2.17. The molecule has 2 aromatic heterocycles. The Hall–Kier alpha value is -3.46. The summed E-state index contributed by atoms with van der Waals surface area (Å²) >= 11 is 0. The molecule has 0 saturated carbocycles. The largest absolute Gasteiger partial charge is 0.383 e. The van der Waals surface area contributed by atoms with E-state index in [1.54, 1.807) is 17.7 Å². The highest BCUT2D eigenvalue weighted by molar-refractivity contribution is 5.85. The first-order chi connectivity index (χ1) is 16.5. The molecule has 3 aromatic rings. The fourth-order valence-electron chi connectivity index (χ4n) is 5.57. The van der Waals surface area contributed by atoms with Crippen LogP contribution in [0.15, 0.2) is 47.4 Å². The molecule has 9 heteroatoms. The van der Waals surface area contributed by atoms with Gasteiger partial charge in [-0.1, -0.05) is 18.2 Å². The Balaban J connectivity index is 1.30. The van der Waals surface area contributed by atoms with Crippen molar-refractivity contribution in [2.75, 3.05) is 26.8 Å². The van der Waals surface area contributed by atoms with Crippen LogP contribution in [0, 0.1) is 16.0 Å². The van der Waals surface area contributed by atoms with Gasteiger partial charge in [0.25, 0.3) is 0 Å². The molecule has 1 fully saturated rings. The molecule has 9 nitrogen and oxygen atoms in total. The Labute approximate surface area is 196 Å². The fourth-order valence-corrected chi connectivity index (χ4v) is 5.57. The first kappa shape index (κ1) is 22.3. The van der Waals surface area contributed by atoms with Gasteiger partial charge in [0.05, 0.1) is 11.5 Å². The number of aryl methyl sites for hydroxylation is 1. The lowest BCUT2D eigenvalue weighted by atomic mass is 9.83. The van der Waals surface area contributed by atoms with Gasteiger partial charge in [-0.25, -0.2) is 0 Å². The highest BCUT2D eigenvalue weighted by Gasteiger charge is 2.37. The van der Waals surface area contributed by atoms with Gasteiger partial charge in [0.2, 0.25) is 5.91 Å². The zero-order chi connectivity index (χ0) is 23.8. The molecule has 1 saturated heterocycles. The number of nitro groups is 1. The maximum atomic E-state index is 13.2. The molecular weight excluding hydrogens is 436 g/mol. The highest BCUT2D eigenvalue weighted by atomic mass is 16.6. The standard InChI is InChI=1S/C25H28N4O5/c1-34-11-10-26-15-18(20-4-2-3-5-22(20)26)6-9-24(30)27-13-17-12-19(16-27)21-7-8-23(29(32)33)25(31)28(21)14-17/h2-5,7-8,15,17,19H,6,9-14,16H2,1H3/t17-,19?/m1/s1. The third-order valence-electron chi connectivity index (χ3n) is 7.15. The van der Waals surface area contributed by atoms with E-state index < -0.39 is 10.5 Å². The Kier molecular flexibility index (Phi) is 5.95. The Morgan fingerprint density at radius 3 is 2.79 bits per heavy atom. The van der Waals surface area contributed by atoms with Gasteiger partial charge in [-0.2, -0.15) is 0 Å². The predicted molar refractivity (Wildman–Crippen MR) is 127 cm³/mol. The number of nitrogens with zero attached hydrogens (tertiary/aromatic N) is 4. The minimum atomic E-state index is -0.623. The Bertz CT molecular complexity index is 1310. The number of aromatic nitrogens is 2. The molecule has 2 aliphatic heterocycles. The van der Waals surface area contributed by atoms with Crippen LogP contribution in [0.2, 0.25) is 0 Å². The van der Waals surface area contributed by atoms with Crippen molar-refractivity contribution in [3.05, 3.63) is 74.3 Å². The number of benzene rings is 1. The summed E-state index contributed by atoms with van der Waals surface area (Å²) in [7, 11) is 1.69. The first-order valence-electron chi connectivity index (χ1n) is 11.7. The van der Waals surface area contributed by atoms with Gasteiger partial charge in [-0.05, 0) is 36.5 Å². The van der Waals surface area contributed by atoms with E-state index >= 15 is 0 Å². The van der Waals surface area contributed by atoms with Crippen LogP contribution < -0.4 is 5.56 Å². The van der Waals surface area contributed by atoms with Crippen molar-refractivity contribution in [3.63, 3.8) is 0 Å². The molecule has 2 bridgehead atoms. The maximum absolute atomic E-state index is 13.2. The van der Waals surface area contributed by atoms with E-state index in [1.165, 1.54) is 6.07 Å². The normalized spacial score (nSPS) is 19.3. The van der Waals surface area contributed by atoms with Crippen LogP contribution in [-0.4, -0.2) is 51.7 Å². The lowest BCUT2D eigenvalue weighted by Gasteiger charge is -2.42. The fraction of sp³-hybridized carbons (Fsp3) is 0.440. The summed E-state index contributed by atoms with van der Waals surface area (Å²) in [6.07, 6.45) is 4.10. The first-order valence-corrected chi connectivity index (χ1v) is 11.7. The number of piperidine rings is 1. The van der Waals surface area contributed by atoms with Crippen molar-refractivity contribution < 1.29 is 14.5 Å². The Morgan fingerprint density at radius 1 is 1.18 bits per heavy atom. The van der Waals surface area contributed by atoms with Crippen molar-refractivity contribution in [1.82, 2.24) is 14.0 Å². The van der Waals surface area contributed by atoms with E-state index in [0.29, 0.717) is 39.1 Å². The quantitative estimate of drug-likeness (QED) is 0.395. The molecule has 1 aromatic carbocycles. The Morgan fingerprint density at radius 2 is 2.00 bits per heavy atom. The third kappa shape index (κ3) is 4.00. The third-order valence-corrected chi connectivity index (χ3v) is 7.15. The number of likely N-dealkylation sites (tertiary alicyclic amines) is 1. The van der Waals surface area contributed by atoms with Crippen molar-refractivity contribution in [3.8, 4) is 0 Å². The molecule has 178 valence electrons. The molecule has 2 atom stereocenters. The number of methoxy groups -OCH3 is 1. The molecule has 0 radical (unpaired) electrons. The summed E-state index contributed by atoms with van der Waals surface area (Å²) in [5.74, 6) is 0.271. The van der Waals surface area contributed by atoms with Gasteiger partial charge < -0.3 is 18.8 Å². The summed E-state index contributed by atoms with van der Waals surface area (Å²) in [5, 5.41) is 12.3. The molecule has 5 rings (SSSR count). The summed E-state index contributed by atoms with van der Waals surface area (Å²) in [6.45, 7) is 2.93. The number of carbonyl (C=O) groups excluding carboxylic acids is 1. The van der Waals surface area contributed by atoms with Crippen LogP contribution in [0.4, 0.5) is 5.69 Å². The summed E-state index contributed by atoms with van der Waals surface area (Å²) < 4.78 is 8.96. The van der Waals surface area contributed by atoms with Crippen LogP contribution in [0.3, 0.4) is 0 Å². The summed E-state index contributed by atoms with van der Waals surface area (Å²) in [4.78, 5) is 38.2. The molecule has 0 N–H and O–H groups in total. The van der Waals surface area contributed by atoms with E-state index in [9.17, 15) is 19.7 Å². The van der Waals surface area contributed by atoms with Crippen molar-refractivity contribution in [2.45, 2.75) is 38.3 Å². The zero-order valence-electron chi connectivity index (χ0n) is 19.2. The molecule has 2 aliphatic rings. The predicted octanol–water partition coefficient (Wildman–Crippen LogP) is 2.94. The smallest absolute Gasteiger partial charge is 0.334 e. The molecule has 0 spiro atoms. The molecule has 0 aliphatic carbocycles. The summed E-state index contributed by atoms with van der Waals surface area (Å²) in [6, 6.07) is 11.2. The van der Waals surface area contributed by atoms with Gasteiger partial charge in [-0.15, -0.1) is 0 Å². The number of hydrogen-bond donors (Lipinski definition) is 0. The second-order valence-electron chi connectivity index (χ2n) is 9.27. The monoisotopic (exact) mass is 464 g/mol. The number of fused-ring (bicyclic) bond motifs is 5. The van der Waals surface area contributed by atoms with E-state index in [0.717, 1.165) is 35.1 Å². The van der Waals surface area contributed by atoms with Gasteiger partial charge in [0.15, 0.2) is 0 Å². The van der Waals surface area contributed by atoms with Crippen LogP contribution in [0.1, 0.15) is 30.0 Å². The van der Waals surface area contributed by atoms with Crippen molar-refractivity contribution >= 4 is 22.5 Å². The molecule has 1 amide bonds. The van der Waals surface area contributed by atoms with E-state index in [-0.39, 0.29) is 23.4 Å². The molecule has 4 heterocycles. The lowest BCUT2D eigenvalue weighted by Crippen LogP contribution is -2.49. The zero-order valence-corrected chi connectivity index (χ0v) is 19.2. The number of rotatable bonds is 7. The number of amides is 1. The number of ether oxygens (including phenoxy) is 1. The van der Waals surface area contributed by atoms with E-state index in [2.05, 4.69) is 22.9 Å². The van der Waals surface area contributed by atoms with Crippen LogP contribution in [0.5, 0.6) is 0 Å². The minimum Gasteiger partial charge on any atom is -0.383 e. The maximum Gasteiger partial charge on any atom is 0.334 e. The van der Waals surface area contributed by atoms with E-state index in [1.807, 2.05) is 17.0 Å². The van der Waals surface area contributed by atoms with Gasteiger partial charge >= 0.3 is 11.2 Å². The van der Waals surface area contributed by atoms with Gasteiger partial charge in [0, 0.05) is 74.5 Å². The van der Waals surface area contributed by atoms with Gasteiger partial charge in [0.1, 0.15) is 0 Å².